The predicted molar refractivity (Wildman–Crippen MR) is 105 cm³/mol. The second kappa shape index (κ2) is 8.83. The van der Waals surface area contributed by atoms with E-state index in [1.165, 1.54) is 0 Å². The third-order valence-electron chi connectivity index (χ3n) is 4.46. The summed E-state index contributed by atoms with van der Waals surface area (Å²) in [7, 11) is 0. The van der Waals surface area contributed by atoms with Gasteiger partial charge < -0.3 is 15.3 Å². The highest BCUT2D eigenvalue weighted by molar-refractivity contribution is 9.10. The molecule has 1 aliphatic rings. The lowest BCUT2D eigenvalue weighted by Gasteiger charge is -2.32. The summed E-state index contributed by atoms with van der Waals surface area (Å²) in [5, 5.41) is 13.5. The van der Waals surface area contributed by atoms with Crippen molar-refractivity contribution in [2.45, 2.75) is 19.3 Å². The number of nitrogens with zero attached hydrogens (tertiary/aromatic N) is 3. The zero-order valence-corrected chi connectivity index (χ0v) is 16.3. The Balaban J connectivity index is 1.59. The molecule has 2 N–H and O–H groups in total. The lowest BCUT2D eigenvalue weighted by Crippen LogP contribution is -2.37. The van der Waals surface area contributed by atoms with Gasteiger partial charge in [-0.15, -0.1) is 0 Å². The summed E-state index contributed by atoms with van der Waals surface area (Å²) in [6, 6.07) is 7.79. The Morgan fingerprint density at radius 1 is 1.32 bits per heavy atom. The van der Waals surface area contributed by atoms with Gasteiger partial charge in [0.15, 0.2) is 0 Å². The van der Waals surface area contributed by atoms with Crippen molar-refractivity contribution in [2.24, 2.45) is 5.92 Å². The van der Waals surface area contributed by atoms with Crippen LogP contribution in [0.25, 0.3) is 0 Å². The van der Waals surface area contributed by atoms with Gasteiger partial charge in [0.2, 0.25) is 0 Å². The van der Waals surface area contributed by atoms with Crippen molar-refractivity contribution in [3.8, 4) is 0 Å². The van der Waals surface area contributed by atoms with E-state index < -0.39 is 0 Å². The minimum atomic E-state index is 0.237. The van der Waals surface area contributed by atoms with E-state index in [4.69, 9.17) is 11.6 Å². The largest absolute Gasteiger partial charge is 0.396 e. The van der Waals surface area contributed by atoms with Crippen molar-refractivity contribution in [3.63, 3.8) is 0 Å². The van der Waals surface area contributed by atoms with Crippen LogP contribution in [0.2, 0.25) is 5.02 Å². The van der Waals surface area contributed by atoms with Crippen LogP contribution in [0, 0.1) is 5.92 Å². The fourth-order valence-electron chi connectivity index (χ4n) is 3.10. The number of anilines is 2. The van der Waals surface area contributed by atoms with Crippen LogP contribution in [0.5, 0.6) is 0 Å². The van der Waals surface area contributed by atoms with Gasteiger partial charge in [-0.2, -0.15) is 0 Å². The maximum absolute atomic E-state index is 9.39. The van der Waals surface area contributed by atoms with E-state index in [0.717, 1.165) is 65.6 Å². The number of benzene rings is 1. The number of halogens is 2. The Hall–Kier alpha value is -1.37. The van der Waals surface area contributed by atoms with Crippen LogP contribution >= 0.6 is 27.5 Å². The number of hydrogen-bond donors (Lipinski definition) is 2. The third kappa shape index (κ3) is 5.06. The van der Waals surface area contributed by atoms with Gasteiger partial charge >= 0.3 is 0 Å². The van der Waals surface area contributed by atoms with Gasteiger partial charge in [-0.05, 0) is 48.9 Å². The summed E-state index contributed by atoms with van der Waals surface area (Å²) < 4.78 is 1.06. The monoisotopic (exact) mass is 424 g/mol. The molecule has 1 aromatic heterocycles. The van der Waals surface area contributed by atoms with Gasteiger partial charge in [0.25, 0.3) is 0 Å². The average molecular weight is 426 g/mol. The fourth-order valence-corrected chi connectivity index (χ4v) is 3.74. The van der Waals surface area contributed by atoms with Crippen LogP contribution in [0.1, 0.15) is 18.4 Å². The average Bonchev–Trinajstić information content (AvgIpc) is 2.65. The summed E-state index contributed by atoms with van der Waals surface area (Å²) in [5.74, 6) is 2.06. The van der Waals surface area contributed by atoms with Crippen molar-refractivity contribution >= 4 is 39.2 Å². The molecule has 5 nitrogen and oxygen atoms in total. The van der Waals surface area contributed by atoms with Crippen molar-refractivity contribution in [1.82, 2.24) is 9.97 Å². The highest BCUT2D eigenvalue weighted by Crippen LogP contribution is 2.23. The number of aliphatic hydroxyl groups excluding tert-OH is 1. The molecule has 1 aliphatic heterocycles. The minimum Gasteiger partial charge on any atom is -0.396 e. The minimum absolute atomic E-state index is 0.237. The van der Waals surface area contributed by atoms with Crippen LogP contribution < -0.4 is 10.2 Å². The first kappa shape index (κ1) is 18.4. The molecule has 1 saturated heterocycles. The SMILES string of the molecule is OCC1CCCN(c2cc(NCCc3cc(Cl)ccc3Br)ncn2)C1. The number of hydrogen-bond acceptors (Lipinski definition) is 5. The zero-order chi connectivity index (χ0) is 17.6. The molecule has 1 unspecified atom stereocenters. The van der Waals surface area contributed by atoms with E-state index in [2.05, 4.69) is 36.1 Å². The van der Waals surface area contributed by atoms with Crippen molar-refractivity contribution in [3.05, 3.63) is 45.7 Å². The lowest BCUT2D eigenvalue weighted by atomic mass is 9.99. The maximum atomic E-state index is 9.39. The Labute approximate surface area is 161 Å². The van der Waals surface area contributed by atoms with Gasteiger partial charge in [0.1, 0.15) is 18.0 Å². The molecule has 134 valence electrons. The van der Waals surface area contributed by atoms with Crippen LogP contribution in [0.4, 0.5) is 11.6 Å². The first-order valence-corrected chi connectivity index (χ1v) is 9.68. The summed E-state index contributed by atoms with van der Waals surface area (Å²) in [6.07, 6.45) is 4.60. The third-order valence-corrected chi connectivity index (χ3v) is 5.47. The smallest absolute Gasteiger partial charge is 0.134 e. The molecule has 0 radical (unpaired) electrons. The Kier molecular flexibility index (Phi) is 6.51. The van der Waals surface area contributed by atoms with Gasteiger partial charge in [-0.3, -0.25) is 0 Å². The van der Waals surface area contributed by atoms with E-state index >= 15 is 0 Å². The Morgan fingerprint density at radius 2 is 2.20 bits per heavy atom. The van der Waals surface area contributed by atoms with E-state index in [9.17, 15) is 5.11 Å². The molecule has 1 fully saturated rings. The molecule has 1 atom stereocenters. The molecule has 25 heavy (non-hydrogen) atoms. The number of rotatable bonds is 6. The summed E-state index contributed by atoms with van der Waals surface area (Å²) in [6.45, 7) is 2.82. The Morgan fingerprint density at radius 3 is 3.04 bits per heavy atom. The number of aromatic nitrogens is 2. The molecule has 1 aromatic carbocycles. The zero-order valence-electron chi connectivity index (χ0n) is 14.0. The first-order chi connectivity index (χ1) is 12.2. The molecule has 0 amide bonds. The highest BCUT2D eigenvalue weighted by Gasteiger charge is 2.20. The van der Waals surface area contributed by atoms with Crippen LogP contribution in [0.15, 0.2) is 35.1 Å². The normalized spacial score (nSPS) is 17.6. The second-order valence-corrected chi connectivity index (χ2v) is 7.60. The predicted octanol–water partition coefficient (Wildman–Crippen LogP) is 3.76. The van der Waals surface area contributed by atoms with Crippen LogP contribution in [-0.2, 0) is 6.42 Å². The Bertz CT molecular complexity index is 715. The van der Waals surface area contributed by atoms with Crippen molar-refractivity contribution in [1.29, 1.82) is 0 Å². The molecular weight excluding hydrogens is 404 g/mol. The molecule has 0 aliphatic carbocycles. The van der Waals surface area contributed by atoms with Crippen molar-refractivity contribution < 1.29 is 5.11 Å². The summed E-state index contributed by atoms with van der Waals surface area (Å²) in [4.78, 5) is 10.9. The molecule has 2 aromatic rings. The molecule has 0 saturated carbocycles. The number of nitrogens with one attached hydrogen (secondary N) is 1. The number of piperidine rings is 1. The first-order valence-electron chi connectivity index (χ1n) is 8.51. The highest BCUT2D eigenvalue weighted by atomic mass is 79.9. The van der Waals surface area contributed by atoms with E-state index in [1.54, 1.807) is 6.33 Å². The maximum Gasteiger partial charge on any atom is 0.134 e. The van der Waals surface area contributed by atoms with Gasteiger partial charge in [-0.25, -0.2) is 9.97 Å². The summed E-state index contributed by atoms with van der Waals surface area (Å²) in [5.41, 5.74) is 1.16. The molecule has 7 heteroatoms. The van der Waals surface area contributed by atoms with E-state index in [0.29, 0.717) is 5.92 Å². The molecule has 0 spiro atoms. The number of aliphatic hydroxyl groups is 1. The molecule has 3 rings (SSSR count). The fraction of sp³-hybridized carbons (Fsp3) is 0.444. The van der Waals surface area contributed by atoms with Crippen LogP contribution in [-0.4, -0.2) is 41.3 Å². The van der Waals surface area contributed by atoms with Crippen molar-refractivity contribution in [2.75, 3.05) is 36.5 Å². The van der Waals surface area contributed by atoms with E-state index in [1.807, 2.05) is 24.3 Å². The lowest BCUT2D eigenvalue weighted by molar-refractivity contribution is 0.208. The second-order valence-electron chi connectivity index (χ2n) is 6.31. The molecule has 2 heterocycles. The molecular formula is C18H22BrClN4O. The van der Waals surface area contributed by atoms with Gasteiger partial charge in [0, 0.05) is 41.8 Å². The molecule has 0 bridgehead atoms. The summed E-state index contributed by atoms with van der Waals surface area (Å²) >= 11 is 9.61. The standard InChI is InChI=1S/C18H22BrClN4O/c19-16-4-3-15(20)8-14(16)5-6-21-17-9-18(23-12-22-17)24-7-1-2-13(10-24)11-25/h3-4,8-9,12-13,25H,1-2,5-7,10-11H2,(H,21,22,23). The topological polar surface area (TPSA) is 61.3 Å². The van der Waals surface area contributed by atoms with Gasteiger partial charge in [0.05, 0.1) is 0 Å². The van der Waals surface area contributed by atoms with Crippen LogP contribution in [0.3, 0.4) is 0 Å². The van der Waals surface area contributed by atoms with E-state index in [-0.39, 0.29) is 6.61 Å². The van der Waals surface area contributed by atoms with Gasteiger partial charge in [-0.1, -0.05) is 27.5 Å². The quantitative estimate of drug-likeness (QED) is 0.738.